The van der Waals surface area contributed by atoms with Gasteiger partial charge in [-0.1, -0.05) is 19.1 Å². The monoisotopic (exact) mass is 381 g/mol. The summed E-state index contributed by atoms with van der Waals surface area (Å²) in [5.41, 5.74) is 1.02. The van der Waals surface area contributed by atoms with Crippen LogP contribution < -0.4 is 0 Å². The number of aromatic nitrogens is 2. The van der Waals surface area contributed by atoms with Gasteiger partial charge in [0, 0.05) is 31.4 Å². The smallest absolute Gasteiger partial charge is 0.416 e. The fraction of sp³-hybridized carbons (Fsp3) is 0.474. The van der Waals surface area contributed by atoms with E-state index in [2.05, 4.69) is 16.9 Å². The molecule has 0 amide bonds. The second kappa shape index (κ2) is 7.72. The first-order valence-corrected chi connectivity index (χ1v) is 8.83. The first-order valence-electron chi connectivity index (χ1n) is 8.83. The van der Waals surface area contributed by atoms with Crippen LogP contribution in [0, 0.1) is 11.8 Å². The number of nitrogens with zero attached hydrogens (tertiary/aromatic N) is 3. The van der Waals surface area contributed by atoms with Crippen LogP contribution in [-0.2, 0) is 24.1 Å². The van der Waals surface area contributed by atoms with Crippen LogP contribution in [-0.4, -0.2) is 38.8 Å². The molecular weight excluding hydrogens is 359 g/mol. The minimum absolute atomic E-state index is 0.321. The molecule has 1 N–H and O–H groups in total. The van der Waals surface area contributed by atoms with Crippen molar-refractivity contribution < 1.29 is 23.1 Å². The van der Waals surface area contributed by atoms with Gasteiger partial charge in [-0.05, 0) is 30.0 Å². The van der Waals surface area contributed by atoms with Crippen molar-refractivity contribution in [2.45, 2.75) is 32.6 Å². The van der Waals surface area contributed by atoms with Gasteiger partial charge in [0.25, 0.3) is 0 Å². The highest BCUT2D eigenvalue weighted by Crippen LogP contribution is 2.29. The molecule has 0 radical (unpaired) electrons. The van der Waals surface area contributed by atoms with E-state index in [9.17, 15) is 23.1 Å². The van der Waals surface area contributed by atoms with E-state index in [1.54, 1.807) is 10.9 Å². The van der Waals surface area contributed by atoms with Crippen molar-refractivity contribution in [3.63, 3.8) is 0 Å². The van der Waals surface area contributed by atoms with E-state index in [0.29, 0.717) is 32.0 Å². The average Bonchev–Trinajstić information content (AvgIpc) is 3.00. The lowest BCUT2D eigenvalue weighted by molar-refractivity contribution is -0.144. The highest BCUT2D eigenvalue weighted by Gasteiger charge is 2.30. The van der Waals surface area contributed by atoms with Crippen molar-refractivity contribution in [3.8, 4) is 0 Å². The van der Waals surface area contributed by atoms with Gasteiger partial charge >= 0.3 is 12.1 Å². The third-order valence-corrected chi connectivity index (χ3v) is 4.80. The normalized spacial score (nSPS) is 21.3. The average molecular weight is 381 g/mol. The molecule has 1 fully saturated rings. The number of aliphatic carboxylic acids is 1. The van der Waals surface area contributed by atoms with E-state index in [4.69, 9.17) is 0 Å². The number of alkyl halides is 3. The van der Waals surface area contributed by atoms with Crippen molar-refractivity contribution in [2.24, 2.45) is 11.8 Å². The maximum Gasteiger partial charge on any atom is 0.416 e. The van der Waals surface area contributed by atoms with Crippen molar-refractivity contribution in [3.05, 3.63) is 53.3 Å². The molecule has 2 aromatic rings. The Morgan fingerprint density at radius 2 is 1.89 bits per heavy atom. The Bertz CT molecular complexity index is 786. The van der Waals surface area contributed by atoms with Crippen molar-refractivity contribution in [1.82, 2.24) is 14.7 Å². The lowest BCUT2D eigenvalue weighted by atomic mass is 9.90. The van der Waals surface area contributed by atoms with Gasteiger partial charge in [0.05, 0.1) is 24.2 Å². The number of carboxylic acid groups (broad SMARTS) is 1. The standard InChI is InChI=1S/C19H22F3N3O2/c1-13-6-16(18(26)27)12-24(8-13)9-15-7-23-25(11-15)10-14-2-4-17(5-3-14)19(20,21)22/h2-5,7,11,13,16H,6,8-10,12H2,1H3,(H,26,27). The number of rotatable bonds is 5. The van der Waals surface area contributed by atoms with Gasteiger partial charge in [0.2, 0.25) is 0 Å². The van der Waals surface area contributed by atoms with E-state index < -0.39 is 17.7 Å². The van der Waals surface area contributed by atoms with Gasteiger partial charge in [-0.3, -0.25) is 14.4 Å². The summed E-state index contributed by atoms with van der Waals surface area (Å²) in [6.45, 7) is 4.40. The Morgan fingerprint density at radius 1 is 1.19 bits per heavy atom. The van der Waals surface area contributed by atoms with E-state index in [1.807, 2.05) is 6.20 Å². The highest BCUT2D eigenvalue weighted by atomic mass is 19.4. The Labute approximate surface area is 155 Å². The fourth-order valence-corrected chi connectivity index (χ4v) is 3.59. The summed E-state index contributed by atoms with van der Waals surface area (Å²) < 4.78 is 39.5. The molecule has 1 aromatic carbocycles. The quantitative estimate of drug-likeness (QED) is 0.861. The summed E-state index contributed by atoms with van der Waals surface area (Å²) in [7, 11) is 0. The van der Waals surface area contributed by atoms with Gasteiger partial charge in [0.1, 0.15) is 0 Å². The first kappa shape index (κ1) is 19.4. The van der Waals surface area contributed by atoms with E-state index in [0.717, 1.165) is 29.8 Å². The lowest BCUT2D eigenvalue weighted by Gasteiger charge is -2.34. The van der Waals surface area contributed by atoms with Gasteiger partial charge < -0.3 is 5.11 Å². The zero-order valence-corrected chi connectivity index (χ0v) is 15.0. The van der Waals surface area contributed by atoms with Crippen LogP contribution in [0.2, 0.25) is 0 Å². The number of halogens is 3. The number of benzene rings is 1. The Kier molecular flexibility index (Phi) is 5.55. The molecule has 0 saturated carbocycles. The molecule has 1 aromatic heterocycles. The molecule has 0 aliphatic carbocycles. The summed E-state index contributed by atoms with van der Waals surface area (Å²) in [5, 5.41) is 13.5. The number of carbonyl (C=O) groups is 1. The summed E-state index contributed by atoms with van der Waals surface area (Å²) in [6, 6.07) is 5.05. The topological polar surface area (TPSA) is 58.4 Å². The van der Waals surface area contributed by atoms with Gasteiger partial charge in [0.15, 0.2) is 0 Å². The van der Waals surface area contributed by atoms with Crippen LogP contribution in [0.3, 0.4) is 0 Å². The number of piperidine rings is 1. The molecule has 2 heterocycles. The molecule has 1 saturated heterocycles. The second-order valence-electron chi connectivity index (χ2n) is 7.31. The van der Waals surface area contributed by atoms with Crippen LogP contribution in [0.25, 0.3) is 0 Å². The maximum absolute atomic E-state index is 12.6. The maximum atomic E-state index is 12.6. The van der Waals surface area contributed by atoms with Gasteiger partial charge in [-0.25, -0.2) is 0 Å². The third-order valence-electron chi connectivity index (χ3n) is 4.80. The Hall–Kier alpha value is -2.35. The van der Waals surface area contributed by atoms with E-state index >= 15 is 0 Å². The van der Waals surface area contributed by atoms with Gasteiger partial charge in [-0.2, -0.15) is 18.3 Å². The largest absolute Gasteiger partial charge is 0.481 e. The molecule has 2 atom stereocenters. The van der Waals surface area contributed by atoms with Crippen LogP contribution in [0.15, 0.2) is 36.7 Å². The second-order valence-corrected chi connectivity index (χ2v) is 7.31. The molecule has 1 aliphatic heterocycles. The predicted molar refractivity (Wildman–Crippen MR) is 93.0 cm³/mol. The predicted octanol–water partition coefficient (Wildman–Crippen LogP) is 3.49. The fourth-order valence-electron chi connectivity index (χ4n) is 3.59. The van der Waals surface area contributed by atoms with Crippen LogP contribution in [0.5, 0.6) is 0 Å². The summed E-state index contributed by atoms with van der Waals surface area (Å²) in [6.07, 6.45) is -0.0678. The minimum Gasteiger partial charge on any atom is -0.481 e. The zero-order chi connectivity index (χ0) is 19.6. The Morgan fingerprint density at radius 3 is 2.52 bits per heavy atom. The van der Waals surface area contributed by atoms with Crippen LogP contribution >= 0.6 is 0 Å². The molecule has 8 heteroatoms. The van der Waals surface area contributed by atoms with Crippen LogP contribution in [0.4, 0.5) is 13.2 Å². The molecule has 1 aliphatic rings. The molecule has 5 nitrogen and oxygen atoms in total. The SMILES string of the molecule is CC1CC(C(=O)O)CN(Cc2cnn(Cc3ccc(C(F)(F)F)cc3)c2)C1. The summed E-state index contributed by atoms with van der Waals surface area (Å²) in [4.78, 5) is 13.4. The highest BCUT2D eigenvalue weighted by molar-refractivity contribution is 5.70. The number of hydrogen-bond donors (Lipinski definition) is 1. The minimum atomic E-state index is -4.34. The zero-order valence-electron chi connectivity index (χ0n) is 15.0. The Balaban J connectivity index is 1.60. The van der Waals surface area contributed by atoms with Crippen molar-refractivity contribution in [1.29, 1.82) is 0 Å². The van der Waals surface area contributed by atoms with Crippen molar-refractivity contribution >= 4 is 5.97 Å². The third kappa shape index (κ3) is 5.09. The summed E-state index contributed by atoms with van der Waals surface area (Å²) >= 11 is 0. The molecule has 3 rings (SSSR count). The molecule has 2 unspecified atom stereocenters. The van der Waals surface area contributed by atoms with E-state index in [1.165, 1.54) is 12.1 Å². The van der Waals surface area contributed by atoms with Gasteiger partial charge in [-0.15, -0.1) is 0 Å². The first-order chi connectivity index (χ1) is 12.7. The number of carboxylic acids is 1. The number of likely N-dealkylation sites (tertiary alicyclic amines) is 1. The molecule has 146 valence electrons. The number of hydrogen-bond acceptors (Lipinski definition) is 3. The molecule has 0 bridgehead atoms. The van der Waals surface area contributed by atoms with Crippen molar-refractivity contribution in [2.75, 3.05) is 13.1 Å². The van der Waals surface area contributed by atoms with Crippen LogP contribution in [0.1, 0.15) is 30.0 Å². The summed E-state index contributed by atoms with van der Waals surface area (Å²) in [5.74, 6) is -0.789. The lowest BCUT2D eigenvalue weighted by Crippen LogP contribution is -2.41. The molecule has 0 spiro atoms. The molecular formula is C19H22F3N3O2. The van der Waals surface area contributed by atoms with E-state index in [-0.39, 0.29) is 5.92 Å². The molecule has 27 heavy (non-hydrogen) atoms.